The number of carbonyl (C=O) groups is 2. The van der Waals surface area contributed by atoms with E-state index in [1.54, 1.807) is 43.6 Å². The SMILES string of the molecule is COC(=O)/C=C(\C)c1ccc(C(=O)NCc2cccnc2)c(NCCc2cccc(F)c2)n1. The summed E-state index contributed by atoms with van der Waals surface area (Å²) in [4.78, 5) is 33.1. The second-order valence-corrected chi connectivity index (χ2v) is 7.29. The molecule has 2 aromatic heterocycles. The average Bonchev–Trinajstić information content (AvgIpc) is 2.83. The molecule has 0 saturated carbocycles. The molecule has 33 heavy (non-hydrogen) atoms. The highest BCUT2D eigenvalue weighted by Crippen LogP contribution is 2.19. The number of hydrogen-bond acceptors (Lipinski definition) is 6. The van der Waals surface area contributed by atoms with E-state index in [0.29, 0.717) is 42.2 Å². The van der Waals surface area contributed by atoms with Crippen LogP contribution in [0.3, 0.4) is 0 Å². The van der Waals surface area contributed by atoms with Crippen LogP contribution in [-0.2, 0) is 22.5 Å². The number of methoxy groups -OCH3 is 1. The lowest BCUT2D eigenvalue weighted by Gasteiger charge is -2.14. The Kier molecular flexibility index (Phi) is 8.24. The Labute approximate surface area is 191 Å². The molecular formula is C25H25FN4O3. The molecule has 170 valence electrons. The molecule has 0 radical (unpaired) electrons. The van der Waals surface area contributed by atoms with Gasteiger partial charge in [0.1, 0.15) is 11.6 Å². The summed E-state index contributed by atoms with van der Waals surface area (Å²) >= 11 is 0. The van der Waals surface area contributed by atoms with Gasteiger partial charge >= 0.3 is 5.97 Å². The first-order valence-corrected chi connectivity index (χ1v) is 10.4. The lowest BCUT2D eigenvalue weighted by Crippen LogP contribution is -2.25. The molecule has 0 unspecified atom stereocenters. The second-order valence-electron chi connectivity index (χ2n) is 7.29. The van der Waals surface area contributed by atoms with Gasteiger partial charge in [0, 0.05) is 31.6 Å². The average molecular weight is 448 g/mol. The second kappa shape index (κ2) is 11.5. The maximum Gasteiger partial charge on any atom is 0.330 e. The Balaban J connectivity index is 1.79. The highest BCUT2D eigenvalue weighted by molar-refractivity contribution is 5.99. The lowest BCUT2D eigenvalue weighted by atomic mass is 10.1. The number of benzene rings is 1. The number of carbonyl (C=O) groups excluding carboxylic acids is 2. The molecule has 0 aliphatic rings. The summed E-state index contributed by atoms with van der Waals surface area (Å²) < 4.78 is 18.1. The summed E-state index contributed by atoms with van der Waals surface area (Å²) in [5, 5.41) is 6.04. The van der Waals surface area contributed by atoms with Crippen molar-refractivity contribution in [3.05, 3.63) is 95.2 Å². The first-order chi connectivity index (χ1) is 16.0. The zero-order chi connectivity index (χ0) is 23.6. The highest BCUT2D eigenvalue weighted by Gasteiger charge is 2.15. The minimum absolute atomic E-state index is 0.299. The standard InChI is InChI=1S/C25H25FN4O3/c1-17(13-23(31)33-2)22-9-8-21(25(32)29-16-19-6-4-11-27-15-19)24(30-22)28-12-10-18-5-3-7-20(26)14-18/h3-9,11,13-15H,10,12,16H2,1-2H3,(H,28,30)(H,29,32)/b17-13+. The van der Waals surface area contributed by atoms with Crippen molar-refractivity contribution in [3.8, 4) is 0 Å². The van der Waals surface area contributed by atoms with E-state index >= 15 is 0 Å². The van der Waals surface area contributed by atoms with Crippen LogP contribution in [0.4, 0.5) is 10.2 Å². The molecule has 0 bridgehead atoms. The van der Waals surface area contributed by atoms with Gasteiger partial charge < -0.3 is 15.4 Å². The summed E-state index contributed by atoms with van der Waals surface area (Å²) in [5.41, 5.74) is 3.17. The number of allylic oxidation sites excluding steroid dienone is 1. The quantitative estimate of drug-likeness (QED) is 0.382. The summed E-state index contributed by atoms with van der Waals surface area (Å²) in [6.07, 6.45) is 5.22. The van der Waals surface area contributed by atoms with E-state index in [1.165, 1.54) is 25.3 Å². The molecular weight excluding hydrogens is 423 g/mol. The van der Waals surface area contributed by atoms with Gasteiger partial charge in [0.2, 0.25) is 0 Å². The number of amides is 1. The molecule has 3 aromatic rings. The van der Waals surface area contributed by atoms with Crippen LogP contribution >= 0.6 is 0 Å². The number of nitrogens with one attached hydrogen (secondary N) is 2. The van der Waals surface area contributed by atoms with Crippen molar-refractivity contribution in [3.63, 3.8) is 0 Å². The number of pyridine rings is 2. The van der Waals surface area contributed by atoms with E-state index < -0.39 is 5.97 Å². The molecule has 3 rings (SSSR count). The van der Waals surface area contributed by atoms with Gasteiger partial charge in [-0.2, -0.15) is 0 Å². The van der Waals surface area contributed by atoms with Crippen molar-refractivity contribution < 1.29 is 18.7 Å². The van der Waals surface area contributed by atoms with Crippen molar-refractivity contribution >= 4 is 23.3 Å². The fourth-order valence-corrected chi connectivity index (χ4v) is 3.10. The maximum atomic E-state index is 13.5. The van der Waals surface area contributed by atoms with Crippen molar-refractivity contribution in [1.82, 2.24) is 15.3 Å². The van der Waals surface area contributed by atoms with Crippen LogP contribution in [0.1, 0.15) is 34.1 Å². The number of rotatable bonds is 9. The van der Waals surface area contributed by atoms with E-state index in [9.17, 15) is 14.0 Å². The van der Waals surface area contributed by atoms with Gasteiger partial charge in [0.25, 0.3) is 5.91 Å². The van der Waals surface area contributed by atoms with E-state index in [0.717, 1.165) is 11.1 Å². The number of esters is 1. The zero-order valence-corrected chi connectivity index (χ0v) is 18.5. The molecule has 1 aromatic carbocycles. The third-order valence-electron chi connectivity index (χ3n) is 4.85. The van der Waals surface area contributed by atoms with Gasteiger partial charge in [0.05, 0.1) is 18.4 Å². The molecule has 0 atom stereocenters. The molecule has 1 amide bonds. The Morgan fingerprint density at radius 1 is 1.12 bits per heavy atom. The van der Waals surface area contributed by atoms with Crippen LogP contribution in [0.5, 0.6) is 0 Å². The third-order valence-corrected chi connectivity index (χ3v) is 4.85. The van der Waals surface area contributed by atoms with Gasteiger partial charge in [-0.1, -0.05) is 18.2 Å². The predicted octanol–water partition coefficient (Wildman–Crippen LogP) is 3.78. The minimum Gasteiger partial charge on any atom is -0.466 e. The third kappa shape index (κ3) is 6.96. The summed E-state index contributed by atoms with van der Waals surface area (Å²) in [5.74, 6) is -0.731. The Bertz CT molecular complexity index is 1150. The number of hydrogen-bond donors (Lipinski definition) is 2. The number of ether oxygens (including phenoxy) is 1. The molecule has 2 N–H and O–H groups in total. The zero-order valence-electron chi connectivity index (χ0n) is 18.5. The van der Waals surface area contributed by atoms with Gasteiger partial charge in [0.15, 0.2) is 0 Å². The first kappa shape index (κ1) is 23.6. The lowest BCUT2D eigenvalue weighted by molar-refractivity contribution is -0.134. The van der Waals surface area contributed by atoms with E-state index in [1.807, 2.05) is 12.1 Å². The number of aromatic nitrogens is 2. The van der Waals surface area contributed by atoms with Crippen LogP contribution in [0.2, 0.25) is 0 Å². The van der Waals surface area contributed by atoms with E-state index in [4.69, 9.17) is 0 Å². The fourth-order valence-electron chi connectivity index (χ4n) is 3.10. The van der Waals surface area contributed by atoms with Crippen LogP contribution in [-0.4, -0.2) is 35.5 Å². The van der Waals surface area contributed by atoms with E-state index in [-0.39, 0.29) is 11.7 Å². The van der Waals surface area contributed by atoms with Crippen LogP contribution in [0.15, 0.2) is 67.0 Å². The van der Waals surface area contributed by atoms with Gasteiger partial charge in [-0.15, -0.1) is 0 Å². The van der Waals surface area contributed by atoms with E-state index in [2.05, 4.69) is 25.3 Å². The van der Waals surface area contributed by atoms with Crippen molar-refractivity contribution in [1.29, 1.82) is 0 Å². The largest absolute Gasteiger partial charge is 0.466 e. The van der Waals surface area contributed by atoms with Gasteiger partial charge in [-0.05, 0) is 60.4 Å². The highest BCUT2D eigenvalue weighted by atomic mass is 19.1. The van der Waals surface area contributed by atoms with Gasteiger partial charge in [-0.3, -0.25) is 9.78 Å². The van der Waals surface area contributed by atoms with Crippen LogP contribution in [0.25, 0.3) is 5.57 Å². The summed E-state index contributed by atoms with van der Waals surface area (Å²) in [6, 6.07) is 13.3. The topological polar surface area (TPSA) is 93.2 Å². The van der Waals surface area contributed by atoms with Crippen LogP contribution in [0, 0.1) is 5.82 Å². The number of anilines is 1. The summed E-state index contributed by atoms with van der Waals surface area (Å²) in [6.45, 7) is 2.49. The molecule has 0 aliphatic heterocycles. The Morgan fingerprint density at radius 2 is 1.94 bits per heavy atom. The number of halogens is 1. The minimum atomic E-state index is -0.492. The normalized spacial score (nSPS) is 11.1. The molecule has 0 spiro atoms. The molecule has 0 fully saturated rings. The van der Waals surface area contributed by atoms with Crippen LogP contribution < -0.4 is 10.6 Å². The van der Waals surface area contributed by atoms with Gasteiger partial charge in [-0.25, -0.2) is 14.2 Å². The number of nitrogens with zero attached hydrogens (tertiary/aromatic N) is 2. The molecule has 0 saturated heterocycles. The van der Waals surface area contributed by atoms with Crippen molar-refractivity contribution in [2.45, 2.75) is 19.9 Å². The molecule has 0 aliphatic carbocycles. The van der Waals surface area contributed by atoms with Crippen molar-refractivity contribution in [2.24, 2.45) is 0 Å². The monoisotopic (exact) mass is 448 g/mol. The predicted molar refractivity (Wildman–Crippen MR) is 124 cm³/mol. The Hall–Kier alpha value is -4.07. The molecule has 2 heterocycles. The van der Waals surface area contributed by atoms with Crippen molar-refractivity contribution in [2.75, 3.05) is 19.0 Å². The first-order valence-electron chi connectivity index (χ1n) is 10.4. The molecule has 8 heteroatoms. The maximum absolute atomic E-state index is 13.5. The Morgan fingerprint density at radius 3 is 2.67 bits per heavy atom. The fraction of sp³-hybridized carbons (Fsp3) is 0.200. The summed E-state index contributed by atoms with van der Waals surface area (Å²) in [7, 11) is 1.30. The smallest absolute Gasteiger partial charge is 0.330 e. The molecule has 7 nitrogen and oxygen atoms in total.